The van der Waals surface area contributed by atoms with Crippen molar-refractivity contribution in [1.82, 2.24) is 14.7 Å². The molecule has 1 fully saturated rings. The van der Waals surface area contributed by atoms with Gasteiger partial charge in [-0.15, -0.1) is 0 Å². The fraction of sp³-hybridized carbons (Fsp3) is 0.444. The monoisotopic (exact) mass is 347 g/mol. The average Bonchev–Trinajstić information content (AvgIpc) is 3.12. The van der Waals surface area contributed by atoms with Crippen LogP contribution >= 0.6 is 11.6 Å². The van der Waals surface area contributed by atoms with Gasteiger partial charge in [-0.1, -0.05) is 18.5 Å². The third-order valence-corrected chi connectivity index (χ3v) is 5.37. The third kappa shape index (κ3) is 3.32. The molecule has 0 unspecified atom stereocenters. The Morgan fingerprint density at radius 2 is 1.96 bits per heavy atom. The summed E-state index contributed by atoms with van der Waals surface area (Å²) in [6, 6.07) is 7.32. The Morgan fingerprint density at radius 1 is 1.29 bits per heavy atom. The zero-order valence-corrected chi connectivity index (χ0v) is 14.5. The second kappa shape index (κ2) is 6.95. The van der Waals surface area contributed by atoms with Gasteiger partial charge in [0.25, 0.3) is 5.91 Å². The van der Waals surface area contributed by atoms with Crippen LogP contribution in [0.2, 0.25) is 5.02 Å². The van der Waals surface area contributed by atoms with Crippen LogP contribution in [-0.4, -0.2) is 45.4 Å². The molecule has 0 spiro atoms. The summed E-state index contributed by atoms with van der Waals surface area (Å²) in [5.41, 5.74) is 1.42. The predicted molar refractivity (Wildman–Crippen MR) is 93.5 cm³/mol. The van der Waals surface area contributed by atoms with E-state index in [1.54, 1.807) is 29.2 Å². The molecule has 6 heteroatoms. The van der Waals surface area contributed by atoms with E-state index in [1.165, 1.54) is 0 Å². The molecule has 5 nitrogen and oxygen atoms in total. The Bertz CT molecular complexity index is 697. The lowest BCUT2D eigenvalue weighted by Crippen LogP contribution is -2.44. The molecule has 2 aromatic rings. The first kappa shape index (κ1) is 17.0. The zero-order chi connectivity index (χ0) is 17.2. The maximum absolute atomic E-state index is 12.7. The van der Waals surface area contributed by atoms with Crippen LogP contribution in [0.1, 0.15) is 36.5 Å². The molecule has 1 aromatic carbocycles. The van der Waals surface area contributed by atoms with Crippen LogP contribution in [0.5, 0.6) is 0 Å². The number of carbonyl (C=O) groups excluding carboxylic acids is 1. The highest BCUT2D eigenvalue weighted by atomic mass is 35.5. The Balaban J connectivity index is 1.69. The second-order valence-corrected chi connectivity index (χ2v) is 6.89. The van der Waals surface area contributed by atoms with Crippen molar-refractivity contribution in [2.75, 3.05) is 19.7 Å². The molecule has 1 aliphatic heterocycles. The summed E-state index contributed by atoms with van der Waals surface area (Å²) in [6.07, 6.45) is 5.98. The number of rotatable bonds is 4. The summed E-state index contributed by atoms with van der Waals surface area (Å²) in [4.78, 5) is 14.5. The number of amides is 1. The summed E-state index contributed by atoms with van der Waals surface area (Å²) < 4.78 is 1.68. The van der Waals surface area contributed by atoms with E-state index >= 15 is 0 Å². The maximum Gasteiger partial charge on any atom is 0.257 e. The molecule has 0 bridgehead atoms. The van der Waals surface area contributed by atoms with E-state index in [9.17, 15) is 9.90 Å². The van der Waals surface area contributed by atoms with Crippen molar-refractivity contribution in [3.63, 3.8) is 0 Å². The molecule has 1 saturated heterocycles. The van der Waals surface area contributed by atoms with Gasteiger partial charge in [0.15, 0.2) is 0 Å². The lowest BCUT2D eigenvalue weighted by Gasteiger charge is -2.40. The smallest absolute Gasteiger partial charge is 0.257 e. The van der Waals surface area contributed by atoms with E-state index in [4.69, 9.17) is 11.6 Å². The second-order valence-electron chi connectivity index (χ2n) is 6.45. The molecule has 1 amide bonds. The fourth-order valence-electron chi connectivity index (χ4n) is 3.16. The number of likely N-dealkylation sites (tertiary alicyclic amines) is 1. The van der Waals surface area contributed by atoms with Gasteiger partial charge in [-0.05, 0) is 48.9 Å². The lowest BCUT2D eigenvalue weighted by molar-refractivity contribution is 0.0338. The van der Waals surface area contributed by atoms with Gasteiger partial charge in [0.1, 0.15) is 0 Å². The first-order valence-electron chi connectivity index (χ1n) is 8.28. The minimum absolute atomic E-state index is 0.00198. The number of carbonyl (C=O) groups is 1. The summed E-state index contributed by atoms with van der Waals surface area (Å²) in [7, 11) is 0. The molecular formula is C18H22ClN3O2. The number of piperidine rings is 1. The van der Waals surface area contributed by atoms with Crippen LogP contribution in [0.3, 0.4) is 0 Å². The normalized spacial score (nSPS) is 17.0. The quantitative estimate of drug-likeness (QED) is 0.924. The van der Waals surface area contributed by atoms with E-state index in [2.05, 4.69) is 12.0 Å². The number of hydrogen-bond acceptors (Lipinski definition) is 3. The number of nitrogens with zero attached hydrogens (tertiary/aromatic N) is 3. The maximum atomic E-state index is 12.7. The van der Waals surface area contributed by atoms with Gasteiger partial charge in [-0.25, -0.2) is 4.68 Å². The molecule has 0 atom stereocenters. The number of aliphatic hydroxyl groups is 1. The fourth-order valence-corrected chi connectivity index (χ4v) is 3.28. The highest BCUT2D eigenvalue weighted by Crippen LogP contribution is 2.34. The van der Waals surface area contributed by atoms with Crippen molar-refractivity contribution in [3.8, 4) is 5.69 Å². The summed E-state index contributed by atoms with van der Waals surface area (Å²) in [6.45, 7) is 3.66. The predicted octanol–water partition coefficient (Wildman–Crippen LogP) is 3.15. The van der Waals surface area contributed by atoms with Gasteiger partial charge in [0, 0.05) is 30.9 Å². The summed E-state index contributed by atoms with van der Waals surface area (Å²) in [5.74, 6) is -0.00198. The van der Waals surface area contributed by atoms with Gasteiger partial charge >= 0.3 is 0 Å². The van der Waals surface area contributed by atoms with Crippen molar-refractivity contribution < 1.29 is 9.90 Å². The van der Waals surface area contributed by atoms with Crippen LogP contribution in [-0.2, 0) is 0 Å². The highest BCUT2D eigenvalue weighted by Gasteiger charge is 2.34. The van der Waals surface area contributed by atoms with Crippen molar-refractivity contribution >= 4 is 17.5 Å². The number of halogens is 1. The van der Waals surface area contributed by atoms with E-state index in [0.717, 1.165) is 24.9 Å². The van der Waals surface area contributed by atoms with E-state index in [0.29, 0.717) is 23.7 Å². The Morgan fingerprint density at radius 3 is 2.54 bits per heavy atom. The Hall–Kier alpha value is -1.85. The first-order valence-corrected chi connectivity index (χ1v) is 8.65. The molecule has 0 saturated carbocycles. The summed E-state index contributed by atoms with van der Waals surface area (Å²) >= 11 is 5.89. The Kier molecular flexibility index (Phi) is 4.92. The van der Waals surface area contributed by atoms with Gasteiger partial charge in [-0.3, -0.25) is 4.79 Å². The lowest BCUT2D eigenvalue weighted by atomic mass is 9.77. The minimum atomic E-state index is -0.0235. The van der Waals surface area contributed by atoms with Gasteiger partial charge in [0.05, 0.1) is 17.4 Å². The number of aliphatic hydroxyl groups excluding tert-OH is 1. The molecule has 1 aromatic heterocycles. The van der Waals surface area contributed by atoms with E-state index in [-0.39, 0.29) is 17.9 Å². The van der Waals surface area contributed by atoms with Crippen LogP contribution in [0.4, 0.5) is 0 Å². The summed E-state index contributed by atoms with van der Waals surface area (Å²) in [5, 5.41) is 14.6. The average molecular weight is 348 g/mol. The topological polar surface area (TPSA) is 58.4 Å². The number of aromatic nitrogens is 2. The minimum Gasteiger partial charge on any atom is -0.396 e. The van der Waals surface area contributed by atoms with E-state index in [1.807, 2.05) is 17.0 Å². The Labute approximate surface area is 146 Å². The standard InChI is InChI=1S/C18H22ClN3O2/c1-2-18(13-23)7-9-21(10-8-18)17(24)14-11-20-22(12-14)16-5-3-15(19)4-6-16/h3-6,11-12,23H,2,7-10,13H2,1H3. The third-order valence-electron chi connectivity index (χ3n) is 5.12. The molecular weight excluding hydrogens is 326 g/mol. The number of hydrogen-bond donors (Lipinski definition) is 1. The van der Waals surface area contributed by atoms with Gasteiger partial charge < -0.3 is 10.0 Å². The number of benzene rings is 1. The molecule has 128 valence electrons. The van der Waals surface area contributed by atoms with Crippen LogP contribution in [0.25, 0.3) is 5.69 Å². The van der Waals surface area contributed by atoms with Crippen LogP contribution in [0, 0.1) is 5.41 Å². The molecule has 2 heterocycles. The van der Waals surface area contributed by atoms with Crippen molar-refractivity contribution in [2.45, 2.75) is 26.2 Å². The van der Waals surface area contributed by atoms with Crippen LogP contribution in [0.15, 0.2) is 36.7 Å². The highest BCUT2D eigenvalue weighted by molar-refractivity contribution is 6.30. The van der Waals surface area contributed by atoms with Crippen molar-refractivity contribution in [3.05, 3.63) is 47.2 Å². The molecule has 1 N–H and O–H groups in total. The van der Waals surface area contributed by atoms with E-state index < -0.39 is 0 Å². The largest absolute Gasteiger partial charge is 0.396 e. The van der Waals surface area contributed by atoms with Crippen molar-refractivity contribution in [2.24, 2.45) is 5.41 Å². The molecule has 3 rings (SSSR count). The zero-order valence-electron chi connectivity index (χ0n) is 13.8. The SMILES string of the molecule is CCC1(CO)CCN(C(=O)c2cnn(-c3ccc(Cl)cc3)c2)CC1. The van der Waals surface area contributed by atoms with Gasteiger partial charge in [-0.2, -0.15) is 5.10 Å². The first-order chi connectivity index (χ1) is 11.6. The molecule has 1 aliphatic rings. The van der Waals surface area contributed by atoms with Crippen molar-refractivity contribution in [1.29, 1.82) is 0 Å². The van der Waals surface area contributed by atoms with Gasteiger partial charge in [0.2, 0.25) is 0 Å². The molecule has 0 aliphatic carbocycles. The molecule has 0 radical (unpaired) electrons. The molecule has 24 heavy (non-hydrogen) atoms. The van der Waals surface area contributed by atoms with Crippen LogP contribution < -0.4 is 0 Å².